The highest BCUT2D eigenvalue weighted by Crippen LogP contribution is 2.22. The number of rotatable bonds is 6. The molecule has 21 heavy (non-hydrogen) atoms. The Morgan fingerprint density at radius 2 is 2.19 bits per heavy atom. The fourth-order valence-corrected chi connectivity index (χ4v) is 2.85. The number of nitrogens with one attached hydrogen (secondary N) is 2. The molecule has 1 saturated heterocycles. The first kappa shape index (κ1) is 16.0. The standard InChI is InChI=1S/C15H26N4O2/c1-12-11-13(2)19(18-12)10-4-7-17-14(20)15(21-3)5-8-16-9-6-15/h11,16H,4-10H2,1-3H3,(H,17,20). The lowest BCUT2D eigenvalue weighted by Gasteiger charge is -2.34. The number of carbonyl (C=O) groups excluding carboxylic acids is 1. The maximum Gasteiger partial charge on any atom is 0.252 e. The Bertz CT molecular complexity index is 478. The zero-order valence-corrected chi connectivity index (χ0v) is 13.2. The number of ether oxygens (including phenoxy) is 1. The first-order valence-electron chi connectivity index (χ1n) is 7.63. The van der Waals surface area contributed by atoms with E-state index < -0.39 is 5.60 Å². The number of piperidine rings is 1. The minimum Gasteiger partial charge on any atom is -0.368 e. The van der Waals surface area contributed by atoms with E-state index in [1.54, 1.807) is 7.11 Å². The van der Waals surface area contributed by atoms with Crippen LogP contribution in [0.2, 0.25) is 0 Å². The van der Waals surface area contributed by atoms with Crippen molar-refractivity contribution in [3.8, 4) is 0 Å². The Morgan fingerprint density at radius 1 is 1.48 bits per heavy atom. The number of carbonyl (C=O) groups is 1. The van der Waals surface area contributed by atoms with Crippen LogP contribution in [0.25, 0.3) is 0 Å². The monoisotopic (exact) mass is 294 g/mol. The highest BCUT2D eigenvalue weighted by molar-refractivity contribution is 5.85. The van der Waals surface area contributed by atoms with Crippen molar-refractivity contribution in [2.24, 2.45) is 0 Å². The Kier molecular flexibility index (Phi) is 5.36. The molecule has 6 nitrogen and oxygen atoms in total. The Balaban J connectivity index is 1.77. The summed E-state index contributed by atoms with van der Waals surface area (Å²) in [6.07, 6.45) is 2.32. The zero-order chi connectivity index (χ0) is 15.3. The van der Waals surface area contributed by atoms with Crippen molar-refractivity contribution in [1.82, 2.24) is 20.4 Å². The molecule has 1 aromatic rings. The SMILES string of the molecule is COC1(C(=O)NCCCn2nc(C)cc2C)CCNCC1. The largest absolute Gasteiger partial charge is 0.368 e. The van der Waals surface area contributed by atoms with Crippen LogP contribution in [0.5, 0.6) is 0 Å². The van der Waals surface area contributed by atoms with Crippen molar-refractivity contribution in [3.05, 3.63) is 17.5 Å². The van der Waals surface area contributed by atoms with Gasteiger partial charge in [-0.2, -0.15) is 5.10 Å². The lowest BCUT2D eigenvalue weighted by atomic mass is 9.91. The van der Waals surface area contributed by atoms with Gasteiger partial charge in [0, 0.05) is 25.9 Å². The summed E-state index contributed by atoms with van der Waals surface area (Å²) in [6.45, 7) is 7.16. The highest BCUT2D eigenvalue weighted by atomic mass is 16.5. The van der Waals surface area contributed by atoms with Crippen LogP contribution in [-0.2, 0) is 16.1 Å². The van der Waals surface area contributed by atoms with E-state index in [0.717, 1.165) is 50.3 Å². The van der Waals surface area contributed by atoms with E-state index in [9.17, 15) is 4.79 Å². The predicted molar refractivity (Wildman–Crippen MR) is 81.2 cm³/mol. The summed E-state index contributed by atoms with van der Waals surface area (Å²) in [5.74, 6) is 0.0138. The molecule has 0 aromatic carbocycles. The molecule has 1 aliphatic heterocycles. The molecular weight excluding hydrogens is 268 g/mol. The van der Waals surface area contributed by atoms with Crippen LogP contribution < -0.4 is 10.6 Å². The first-order chi connectivity index (χ1) is 10.1. The number of hydrogen-bond acceptors (Lipinski definition) is 4. The Labute approximate surface area is 126 Å². The van der Waals surface area contributed by atoms with E-state index in [0.29, 0.717) is 6.54 Å². The van der Waals surface area contributed by atoms with Crippen molar-refractivity contribution in [2.45, 2.75) is 45.3 Å². The molecule has 0 aliphatic carbocycles. The molecule has 2 rings (SSSR count). The van der Waals surface area contributed by atoms with Gasteiger partial charge in [0.25, 0.3) is 5.91 Å². The quantitative estimate of drug-likeness (QED) is 0.761. The average Bonchev–Trinajstić information content (AvgIpc) is 2.82. The normalized spacial score (nSPS) is 17.7. The summed E-state index contributed by atoms with van der Waals surface area (Å²) in [5.41, 5.74) is 1.54. The second kappa shape index (κ2) is 7.04. The van der Waals surface area contributed by atoms with Gasteiger partial charge in [-0.15, -0.1) is 0 Å². The van der Waals surface area contributed by atoms with Crippen LogP contribution in [0.4, 0.5) is 0 Å². The molecule has 1 fully saturated rings. The van der Waals surface area contributed by atoms with Gasteiger partial charge in [-0.25, -0.2) is 0 Å². The van der Waals surface area contributed by atoms with Crippen LogP contribution >= 0.6 is 0 Å². The van der Waals surface area contributed by atoms with Gasteiger partial charge in [0.1, 0.15) is 5.60 Å². The first-order valence-corrected chi connectivity index (χ1v) is 7.63. The van der Waals surface area contributed by atoms with Crippen molar-refractivity contribution in [3.63, 3.8) is 0 Å². The van der Waals surface area contributed by atoms with Crippen molar-refractivity contribution >= 4 is 5.91 Å². The molecule has 0 saturated carbocycles. The molecule has 1 amide bonds. The second-order valence-corrected chi connectivity index (χ2v) is 5.71. The summed E-state index contributed by atoms with van der Waals surface area (Å²) < 4.78 is 7.49. The average molecular weight is 294 g/mol. The zero-order valence-electron chi connectivity index (χ0n) is 13.2. The van der Waals surface area contributed by atoms with Crippen LogP contribution in [0.1, 0.15) is 30.7 Å². The number of methoxy groups -OCH3 is 1. The van der Waals surface area contributed by atoms with Crippen LogP contribution in [0.3, 0.4) is 0 Å². The third kappa shape index (κ3) is 3.83. The number of hydrogen-bond donors (Lipinski definition) is 2. The van der Waals surface area contributed by atoms with E-state index in [-0.39, 0.29) is 5.91 Å². The molecule has 1 aliphatic rings. The molecule has 0 bridgehead atoms. The topological polar surface area (TPSA) is 68.2 Å². The van der Waals surface area contributed by atoms with E-state index in [2.05, 4.69) is 21.8 Å². The van der Waals surface area contributed by atoms with Crippen LogP contribution in [-0.4, -0.2) is 48.0 Å². The molecule has 6 heteroatoms. The molecule has 0 spiro atoms. The van der Waals surface area contributed by atoms with Crippen molar-refractivity contribution in [1.29, 1.82) is 0 Å². The van der Waals surface area contributed by atoms with Crippen molar-refractivity contribution < 1.29 is 9.53 Å². The number of amides is 1. The third-order valence-corrected chi connectivity index (χ3v) is 4.15. The fourth-order valence-electron chi connectivity index (χ4n) is 2.85. The minimum atomic E-state index is -0.649. The molecule has 1 aromatic heterocycles. The summed E-state index contributed by atoms with van der Waals surface area (Å²) in [6, 6.07) is 2.06. The fraction of sp³-hybridized carbons (Fsp3) is 0.733. The van der Waals surface area contributed by atoms with Gasteiger partial charge in [-0.1, -0.05) is 0 Å². The summed E-state index contributed by atoms with van der Waals surface area (Å²) in [4.78, 5) is 12.3. The maximum atomic E-state index is 12.3. The van der Waals surface area contributed by atoms with Gasteiger partial charge in [0.05, 0.1) is 5.69 Å². The summed E-state index contributed by atoms with van der Waals surface area (Å²) in [5, 5.41) is 10.7. The molecule has 2 heterocycles. The Morgan fingerprint density at radius 3 is 2.76 bits per heavy atom. The Hall–Kier alpha value is -1.40. The molecule has 118 valence electrons. The molecular formula is C15H26N4O2. The minimum absolute atomic E-state index is 0.0138. The number of nitrogens with zero attached hydrogens (tertiary/aromatic N) is 2. The molecule has 0 unspecified atom stereocenters. The van der Waals surface area contributed by atoms with Gasteiger partial charge < -0.3 is 15.4 Å². The molecule has 0 atom stereocenters. The van der Waals surface area contributed by atoms with Gasteiger partial charge in [-0.3, -0.25) is 9.48 Å². The lowest BCUT2D eigenvalue weighted by Crippen LogP contribution is -2.54. The van der Waals surface area contributed by atoms with Crippen molar-refractivity contribution in [2.75, 3.05) is 26.7 Å². The van der Waals surface area contributed by atoms with Gasteiger partial charge in [0.2, 0.25) is 0 Å². The summed E-state index contributed by atoms with van der Waals surface area (Å²) in [7, 11) is 1.63. The highest BCUT2D eigenvalue weighted by Gasteiger charge is 2.39. The number of aryl methyl sites for hydroxylation is 3. The van der Waals surface area contributed by atoms with Gasteiger partial charge in [0.15, 0.2) is 0 Å². The third-order valence-electron chi connectivity index (χ3n) is 4.15. The van der Waals surface area contributed by atoms with Gasteiger partial charge in [-0.05, 0) is 52.3 Å². The van der Waals surface area contributed by atoms with Crippen LogP contribution in [0, 0.1) is 13.8 Å². The second-order valence-electron chi connectivity index (χ2n) is 5.71. The number of aromatic nitrogens is 2. The maximum absolute atomic E-state index is 12.3. The molecule has 2 N–H and O–H groups in total. The summed E-state index contributed by atoms with van der Waals surface area (Å²) >= 11 is 0. The van der Waals surface area contributed by atoms with Crippen LogP contribution in [0.15, 0.2) is 6.07 Å². The van der Waals surface area contributed by atoms with E-state index >= 15 is 0 Å². The smallest absolute Gasteiger partial charge is 0.252 e. The van der Waals surface area contributed by atoms with E-state index in [4.69, 9.17) is 4.74 Å². The molecule has 0 radical (unpaired) electrons. The van der Waals surface area contributed by atoms with E-state index in [1.807, 2.05) is 18.5 Å². The predicted octanol–water partition coefficient (Wildman–Crippen LogP) is 0.775. The van der Waals surface area contributed by atoms with Gasteiger partial charge >= 0.3 is 0 Å². The van der Waals surface area contributed by atoms with E-state index in [1.165, 1.54) is 0 Å². The lowest BCUT2D eigenvalue weighted by molar-refractivity contribution is -0.146.